The summed E-state index contributed by atoms with van der Waals surface area (Å²) in [6.07, 6.45) is 4.30. The van der Waals surface area contributed by atoms with Gasteiger partial charge in [-0.05, 0) is 42.8 Å². The smallest absolute Gasteiger partial charge is 0.240 e. The highest BCUT2D eigenvalue weighted by molar-refractivity contribution is 8.00. The molecule has 0 bridgehead atoms. The van der Waals surface area contributed by atoms with Crippen molar-refractivity contribution in [3.8, 4) is 6.07 Å². The van der Waals surface area contributed by atoms with Gasteiger partial charge in [0, 0.05) is 29.5 Å². The minimum Gasteiger partial charge on any atom is -0.311 e. The summed E-state index contributed by atoms with van der Waals surface area (Å²) in [5.41, 5.74) is 1.46. The number of nitriles is 1. The van der Waals surface area contributed by atoms with Gasteiger partial charge >= 0.3 is 0 Å². The first-order valence-electron chi connectivity index (χ1n) is 6.66. The number of aromatic nitrogens is 1. The van der Waals surface area contributed by atoms with Crippen LogP contribution in [0.3, 0.4) is 0 Å². The van der Waals surface area contributed by atoms with Gasteiger partial charge in [-0.3, -0.25) is 9.78 Å². The van der Waals surface area contributed by atoms with Crippen LogP contribution in [0.1, 0.15) is 12.0 Å². The molecule has 1 atom stereocenters. The van der Waals surface area contributed by atoms with Gasteiger partial charge in [0.1, 0.15) is 0 Å². The van der Waals surface area contributed by atoms with E-state index < -0.39 is 0 Å². The van der Waals surface area contributed by atoms with E-state index in [2.05, 4.69) is 11.1 Å². The number of amides is 1. The molecule has 1 fully saturated rings. The van der Waals surface area contributed by atoms with Gasteiger partial charge in [0.05, 0.1) is 16.9 Å². The number of hydrogen-bond donors (Lipinski definition) is 0. The fourth-order valence-electron chi connectivity index (χ4n) is 2.32. The van der Waals surface area contributed by atoms with Crippen molar-refractivity contribution in [2.24, 2.45) is 0 Å². The second-order valence-electron chi connectivity index (χ2n) is 4.73. The fraction of sp³-hybridized carbons (Fsp3) is 0.188. The molecule has 2 heterocycles. The molecule has 1 aliphatic heterocycles. The first kappa shape index (κ1) is 13.7. The van der Waals surface area contributed by atoms with Crippen molar-refractivity contribution < 1.29 is 4.79 Å². The number of hydrogen-bond acceptors (Lipinski definition) is 4. The summed E-state index contributed by atoms with van der Waals surface area (Å²) < 4.78 is 0. The Labute approximate surface area is 127 Å². The molecule has 0 N–H and O–H groups in total. The van der Waals surface area contributed by atoms with E-state index in [0.717, 1.165) is 17.0 Å². The molecule has 0 aliphatic carbocycles. The van der Waals surface area contributed by atoms with Crippen LogP contribution in [0, 0.1) is 11.3 Å². The van der Waals surface area contributed by atoms with Crippen LogP contribution in [0.2, 0.25) is 0 Å². The molecule has 1 amide bonds. The standard InChI is InChI=1S/C16H13N3OS/c17-11-12-1-3-13(4-2-12)19-10-7-15(16(19)20)21-14-5-8-18-9-6-14/h1-6,8-9,15H,7,10H2. The molecule has 2 aromatic rings. The molecular formula is C16H13N3OS. The minimum atomic E-state index is -0.0527. The average molecular weight is 295 g/mol. The number of thioether (sulfide) groups is 1. The molecule has 1 saturated heterocycles. The molecule has 5 heteroatoms. The van der Waals surface area contributed by atoms with E-state index in [0.29, 0.717) is 12.1 Å². The lowest BCUT2D eigenvalue weighted by molar-refractivity contribution is -0.116. The Bertz CT molecular complexity index is 679. The molecule has 3 rings (SSSR count). The molecule has 0 radical (unpaired) electrons. The predicted molar refractivity (Wildman–Crippen MR) is 82.0 cm³/mol. The van der Waals surface area contributed by atoms with Gasteiger partial charge in [-0.25, -0.2) is 0 Å². The van der Waals surface area contributed by atoms with E-state index in [1.807, 2.05) is 24.3 Å². The first-order valence-corrected chi connectivity index (χ1v) is 7.54. The monoisotopic (exact) mass is 295 g/mol. The lowest BCUT2D eigenvalue weighted by atomic mass is 10.2. The van der Waals surface area contributed by atoms with E-state index in [1.165, 1.54) is 0 Å². The molecule has 1 aromatic carbocycles. The summed E-state index contributed by atoms with van der Waals surface area (Å²) in [5, 5.41) is 8.76. The Morgan fingerprint density at radius 3 is 2.57 bits per heavy atom. The third kappa shape index (κ3) is 2.91. The van der Waals surface area contributed by atoms with Crippen molar-refractivity contribution in [2.75, 3.05) is 11.4 Å². The van der Waals surface area contributed by atoms with Crippen molar-refractivity contribution in [3.63, 3.8) is 0 Å². The van der Waals surface area contributed by atoms with Gasteiger partial charge < -0.3 is 4.90 Å². The summed E-state index contributed by atoms with van der Waals surface area (Å²) in [6, 6.07) is 13.1. The van der Waals surface area contributed by atoms with Crippen LogP contribution in [-0.2, 0) is 4.79 Å². The minimum absolute atomic E-state index is 0.0527. The lowest BCUT2D eigenvalue weighted by Crippen LogP contribution is -2.27. The average Bonchev–Trinajstić information content (AvgIpc) is 2.89. The van der Waals surface area contributed by atoms with Crippen LogP contribution in [0.25, 0.3) is 0 Å². The number of pyridine rings is 1. The van der Waals surface area contributed by atoms with Crippen LogP contribution in [0.4, 0.5) is 5.69 Å². The van der Waals surface area contributed by atoms with Crippen LogP contribution in [0.15, 0.2) is 53.7 Å². The van der Waals surface area contributed by atoms with Gasteiger partial charge in [-0.15, -0.1) is 11.8 Å². The van der Waals surface area contributed by atoms with Gasteiger partial charge in [0.2, 0.25) is 5.91 Å². The van der Waals surface area contributed by atoms with Crippen molar-refractivity contribution in [2.45, 2.75) is 16.6 Å². The Kier molecular flexibility index (Phi) is 3.89. The first-order chi connectivity index (χ1) is 10.3. The highest BCUT2D eigenvalue weighted by Gasteiger charge is 2.33. The maximum Gasteiger partial charge on any atom is 0.240 e. The maximum absolute atomic E-state index is 12.5. The molecule has 0 saturated carbocycles. The third-order valence-corrected chi connectivity index (χ3v) is 4.66. The van der Waals surface area contributed by atoms with Crippen molar-refractivity contribution in [1.29, 1.82) is 5.26 Å². The van der Waals surface area contributed by atoms with Crippen molar-refractivity contribution in [3.05, 3.63) is 54.4 Å². The second-order valence-corrected chi connectivity index (χ2v) is 6.00. The topological polar surface area (TPSA) is 57.0 Å². The summed E-state index contributed by atoms with van der Waals surface area (Å²) >= 11 is 1.58. The zero-order valence-electron chi connectivity index (χ0n) is 11.3. The number of carbonyl (C=O) groups is 1. The second kappa shape index (κ2) is 5.98. The van der Waals surface area contributed by atoms with Crippen LogP contribution in [0.5, 0.6) is 0 Å². The predicted octanol–water partition coefficient (Wildman–Crippen LogP) is 2.85. The Hall–Kier alpha value is -2.32. The van der Waals surface area contributed by atoms with Gasteiger partial charge in [-0.1, -0.05) is 0 Å². The van der Waals surface area contributed by atoms with Crippen LogP contribution < -0.4 is 4.90 Å². The Morgan fingerprint density at radius 2 is 1.90 bits per heavy atom. The van der Waals surface area contributed by atoms with Gasteiger partial charge in [0.25, 0.3) is 0 Å². The molecule has 1 aliphatic rings. The number of benzene rings is 1. The quantitative estimate of drug-likeness (QED) is 0.873. The molecular weight excluding hydrogens is 282 g/mol. The van der Waals surface area contributed by atoms with Crippen molar-refractivity contribution >= 4 is 23.4 Å². The summed E-state index contributed by atoms with van der Waals surface area (Å²) in [5.74, 6) is 0.126. The highest BCUT2D eigenvalue weighted by Crippen LogP contribution is 2.32. The molecule has 1 aromatic heterocycles. The molecule has 0 spiro atoms. The Balaban J connectivity index is 1.72. The zero-order valence-corrected chi connectivity index (χ0v) is 12.1. The van der Waals surface area contributed by atoms with E-state index in [1.54, 1.807) is 41.2 Å². The zero-order chi connectivity index (χ0) is 14.7. The SMILES string of the molecule is N#Cc1ccc(N2CCC(Sc3ccncc3)C2=O)cc1. The number of rotatable bonds is 3. The van der Waals surface area contributed by atoms with Gasteiger partial charge in [-0.2, -0.15) is 5.26 Å². The maximum atomic E-state index is 12.5. The fourth-order valence-corrected chi connectivity index (χ4v) is 3.38. The molecule has 21 heavy (non-hydrogen) atoms. The largest absolute Gasteiger partial charge is 0.311 e. The van der Waals surface area contributed by atoms with E-state index in [-0.39, 0.29) is 11.2 Å². The number of carbonyl (C=O) groups excluding carboxylic acids is 1. The van der Waals surface area contributed by atoms with Crippen molar-refractivity contribution in [1.82, 2.24) is 4.98 Å². The number of nitrogens with zero attached hydrogens (tertiary/aromatic N) is 3. The third-order valence-electron chi connectivity index (χ3n) is 3.39. The highest BCUT2D eigenvalue weighted by atomic mass is 32.2. The summed E-state index contributed by atoms with van der Waals surface area (Å²) in [4.78, 5) is 19.3. The number of anilines is 1. The normalized spacial score (nSPS) is 17.8. The van der Waals surface area contributed by atoms with E-state index in [9.17, 15) is 4.79 Å². The van der Waals surface area contributed by atoms with Crippen LogP contribution >= 0.6 is 11.8 Å². The summed E-state index contributed by atoms with van der Waals surface area (Å²) in [6.45, 7) is 0.716. The summed E-state index contributed by atoms with van der Waals surface area (Å²) in [7, 11) is 0. The van der Waals surface area contributed by atoms with E-state index in [4.69, 9.17) is 5.26 Å². The molecule has 1 unspecified atom stereocenters. The van der Waals surface area contributed by atoms with Gasteiger partial charge in [0.15, 0.2) is 0 Å². The molecule has 4 nitrogen and oxygen atoms in total. The lowest BCUT2D eigenvalue weighted by Gasteiger charge is -2.16. The van der Waals surface area contributed by atoms with E-state index >= 15 is 0 Å². The Morgan fingerprint density at radius 1 is 1.19 bits per heavy atom. The van der Waals surface area contributed by atoms with Crippen LogP contribution in [-0.4, -0.2) is 22.7 Å². The molecule has 104 valence electrons.